The summed E-state index contributed by atoms with van der Waals surface area (Å²) in [5, 5.41) is 55.0. The van der Waals surface area contributed by atoms with Crippen LogP contribution < -0.4 is 0 Å². The Morgan fingerprint density at radius 3 is 2.18 bits per heavy atom. The molecular formula is C45H72O12. The minimum absolute atomic E-state index is 0.111. The van der Waals surface area contributed by atoms with Crippen molar-refractivity contribution in [2.45, 2.75) is 153 Å². The Hall–Kier alpha value is -2.75. The van der Waals surface area contributed by atoms with Gasteiger partial charge in [0.2, 0.25) is 0 Å². The predicted molar refractivity (Wildman–Crippen MR) is 221 cm³/mol. The van der Waals surface area contributed by atoms with Gasteiger partial charge in [-0.2, -0.15) is 0 Å². The normalized spacial score (nSPS) is 38.8. The van der Waals surface area contributed by atoms with E-state index in [1.54, 1.807) is 56.6 Å². The maximum atomic E-state index is 13.2. The largest absolute Gasteiger partial charge is 0.452 e. The Morgan fingerprint density at radius 2 is 1.56 bits per heavy atom. The van der Waals surface area contributed by atoms with Crippen LogP contribution in [0.25, 0.3) is 0 Å². The summed E-state index contributed by atoms with van der Waals surface area (Å²) >= 11 is 0. The van der Waals surface area contributed by atoms with Gasteiger partial charge in [-0.25, -0.2) is 4.79 Å². The molecule has 1 saturated heterocycles. The second-order valence-corrected chi connectivity index (χ2v) is 15.6. The van der Waals surface area contributed by atoms with Gasteiger partial charge in [0, 0.05) is 40.4 Å². The lowest BCUT2D eigenvalue weighted by molar-refractivity contribution is -0.152. The fourth-order valence-electron chi connectivity index (χ4n) is 7.17. The van der Waals surface area contributed by atoms with Crippen molar-refractivity contribution in [1.82, 2.24) is 0 Å². The highest BCUT2D eigenvalue weighted by atomic mass is 16.6. The molecule has 2 heterocycles. The molecule has 2 aliphatic heterocycles. The zero-order valence-electron chi connectivity index (χ0n) is 35.8. The number of carbonyl (C=O) groups excluding carboxylic acids is 1. The molecule has 0 aromatic carbocycles. The van der Waals surface area contributed by atoms with Gasteiger partial charge in [0.05, 0.1) is 30.5 Å². The highest BCUT2D eigenvalue weighted by Crippen LogP contribution is 2.44. The highest BCUT2D eigenvalue weighted by molar-refractivity contribution is 5.82. The molecule has 14 atom stereocenters. The Labute approximate surface area is 341 Å². The molecule has 0 aromatic heterocycles. The van der Waals surface area contributed by atoms with Crippen LogP contribution in [-0.4, -0.2) is 133 Å². The molecule has 2 aliphatic rings. The molecule has 324 valence electrons. The van der Waals surface area contributed by atoms with Crippen molar-refractivity contribution in [3.05, 3.63) is 84.1 Å². The molecule has 0 saturated carbocycles. The third kappa shape index (κ3) is 16.4. The zero-order chi connectivity index (χ0) is 42.7. The number of aliphatic hydroxyl groups excluding tert-OH is 5. The number of hydrogen-bond acceptors (Lipinski definition) is 12. The van der Waals surface area contributed by atoms with Gasteiger partial charge in [0.1, 0.15) is 42.2 Å². The van der Waals surface area contributed by atoms with Gasteiger partial charge in [-0.05, 0) is 58.4 Å². The van der Waals surface area contributed by atoms with Crippen molar-refractivity contribution < 1.29 is 58.7 Å². The van der Waals surface area contributed by atoms with E-state index in [4.69, 9.17) is 28.4 Å². The summed E-state index contributed by atoms with van der Waals surface area (Å²) in [6.45, 7) is 11.5. The van der Waals surface area contributed by atoms with Gasteiger partial charge in [-0.1, -0.05) is 106 Å². The summed E-state index contributed by atoms with van der Waals surface area (Å²) in [4.78, 5) is 13.2. The summed E-state index contributed by atoms with van der Waals surface area (Å²) in [5.74, 6) is -0.927. The third-order valence-corrected chi connectivity index (χ3v) is 10.8. The van der Waals surface area contributed by atoms with Crippen LogP contribution in [0.4, 0.5) is 0 Å². The summed E-state index contributed by atoms with van der Waals surface area (Å²) < 4.78 is 34.1. The van der Waals surface area contributed by atoms with Crippen molar-refractivity contribution in [1.29, 1.82) is 0 Å². The van der Waals surface area contributed by atoms with Crippen molar-refractivity contribution >= 4 is 5.97 Å². The first kappa shape index (κ1) is 50.4. The maximum Gasteiger partial charge on any atom is 0.331 e. The topological polar surface area (TPSA) is 177 Å². The van der Waals surface area contributed by atoms with Gasteiger partial charge >= 0.3 is 5.97 Å². The predicted octanol–water partition coefficient (Wildman–Crippen LogP) is 5.24. The van der Waals surface area contributed by atoms with Gasteiger partial charge in [-0.15, -0.1) is 0 Å². The van der Waals surface area contributed by atoms with Crippen LogP contribution in [0.15, 0.2) is 84.1 Å². The molecule has 0 amide bonds. The number of esters is 1. The summed E-state index contributed by atoms with van der Waals surface area (Å²) in [7, 11) is 5.99. The SMILES string of the molecule is CCC[C@H](O)[C@@H](OC)[C@H]1O[C@]1(C)[C@@H](O)C/C=C/[C@@H]1OC(=O)/C=C/C=C/[C@@H](OC)[C@H](O)/C=C/C(C)=C/[C@H](C)CCC[C@@H](OC)[C@H](O)/C=C/C(C)=C/[C@@H](C)[C@H](O)[C@H]1OC. The number of rotatable bonds is 12. The number of ether oxygens (including phenoxy) is 6. The fraction of sp³-hybridized carbons (Fsp3) is 0.667. The van der Waals surface area contributed by atoms with Crippen molar-refractivity contribution in [3.8, 4) is 0 Å². The number of epoxide rings is 1. The fourth-order valence-corrected chi connectivity index (χ4v) is 7.17. The minimum Gasteiger partial charge on any atom is -0.452 e. The first-order chi connectivity index (χ1) is 27.1. The molecule has 12 heteroatoms. The number of methoxy groups -OCH3 is 4. The van der Waals surface area contributed by atoms with Gasteiger partial charge in [0.15, 0.2) is 0 Å². The van der Waals surface area contributed by atoms with E-state index in [2.05, 4.69) is 13.0 Å². The number of cyclic esters (lactones) is 1. The maximum absolute atomic E-state index is 13.2. The number of hydrogen-bond donors (Lipinski definition) is 5. The minimum atomic E-state index is -1.14. The summed E-state index contributed by atoms with van der Waals surface area (Å²) in [5.41, 5.74) is 0.821. The molecule has 0 bridgehead atoms. The molecule has 2 rings (SSSR count). The van der Waals surface area contributed by atoms with E-state index in [0.29, 0.717) is 12.8 Å². The van der Waals surface area contributed by atoms with Crippen LogP contribution in [0.3, 0.4) is 0 Å². The monoisotopic (exact) mass is 805 g/mol. The second kappa shape index (κ2) is 25.7. The molecule has 0 spiro atoms. The highest BCUT2D eigenvalue weighted by Gasteiger charge is 2.61. The lowest BCUT2D eigenvalue weighted by Crippen LogP contribution is -2.43. The van der Waals surface area contributed by atoms with E-state index < -0.39 is 84.6 Å². The van der Waals surface area contributed by atoms with Crippen LogP contribution in [0.1, 0.15) is 80.1 Å². The van der Waals surface area contributed by atoms with E-state index >= 15 is 0 Å². The number of carbonyl (C=O) groups is 1. The third-order valence-electron chi connectivity index (χ3n) is 10.8. The lowest BCUT2D eigenvalue weighted by Gasteiger charge is -2.30. The Morgan fingerprint density at radius 1 is 0.895 bits per heavy atom. The molecule has 0 aromatic rings. The molecule has 0 radical (unpaired) electrons. The van der Waals surface area contributed by atoms with Crippen molar-refractivity contribution in [2.24, 2.45) is 11.8 Å². The van der Waals surface area contributed by atoms with E-state index in [0.717, 1.165) is 30.4 Å². The average molecular weight is 805 g/mol. The molecule has 57 heavy (non-hydrogen) atoms. The standard InChI is InChI=1S/C45H72O12/c1-11-16-35(48)42(54-9)44-45(6,57-44)39(49)21-15-20-38-43(55-10)41(51)32(5)28-31(4)24-26-34(47)37(53-8)19-14-17-29(2)27-30(3)23-25-33(46)36(52-7)18-12-13-22-40(50)56-38/h12-13,15,18,20,22-29,32-39,41-44,46-49,51H,11,14,16-17,19,21H2,1-10H3/b18-12+,20-15+,22-13+,25-23+,26-24+,30-27+,31-28+/t29-,32-,33-,34-,35+,36-,37-,38+,39+,41+,42-,43+,44-,45-/m1/s1. The number of allylic oxidation sites excluding steroid dienone is 7. The average Bonchev–Trinajstić information content (AvgIpc) is 3.85. The first-order valence-corrected chi connectivity index (χ1v) is 20.2. The molecule has 1 fully saturated rings. The zero-order valence-corrected chi connectivity index (χ0v) is 35.8. The quantitative estimate of drug-likeness (QED) is 0.0987. The van der Waals surface area contributed by atoms with E-state index in [1.807, 2.05) is 39.8 Å². The van der Waals surface area contributed by atoms with Crippen LogP contribution >= 0.6 is 0 Å². The Kier molecular flexibility index (Phi) is 22.7. The van der Waals surface area contributed by atoms with Crippen molar-refractivity contribution in [3.63, 3.8) is 0 Å². The van der Waals surface area contributed by atoms with Crippen molar-refractivity contribution in [2.75, 3.05) is 28.4 Å². The summed E-state index contributed by atoms with van der Waals surface area (Å²) in [6, 6.07) is 0. The van der Waals surface area contributed by atoms with Crippen LogP contribution in [0, 0.1) is 11.8 Å². The van der Waals surface area contributed by atoms with Gasteiger partial charge in [-0.3, -0.25) is 0 Å². The molecule has 0 aliphatic carbocycles. The molecule has 0 unspecified atom stereocenters. The number of aliphatic hydroxyl groups is 5. The Balaban J connectivity index is 2.42. The first-order valence-electron chi connectivity index (χ1n) is 20.2. The second-order valence-electron chi connectivity index (χ2n) is 15.6. The van der Waals surface area contributed by atoms with Crippen LogP contribution in [-0.2, 0) is 33.2 Å². The van der Waals surface area contributed by atoms with Crippen LogP contribution in [0.2, 0.25) is 0 Å². The summed E-state index contributed by atoms with van der Waals surface area (Å²) in [6.07, 6.45) is 14.9. The van der Waals surface area contributed by atoms with Gasteiger partial charge < -0.3 is 54.0 Å². The van der Waals surface area contributed by atoms with E-state index in [1.165, 1.54) is 33.5 Å². The lowest BCUT2D eigenvalue weighted by atomic mass is 9.91. The van der Waals surface area contributed by atoms with Crippen LogP contribution in [0.5, 0.6) is 0 Å². The molecule has 12 nitrogen and oxygen atoms in total. The molecule has 5 N–H and O–H groups in total. The smallest absolute Gasteiger partial charge is 0.331 e. The van der Waals surface area contributed by atoms with E-state index in [9.17, 15) is 30.3 Å². The Bertz CT molecular complexity index is 1400. The van der Waals surface area contributed by atoms with E-state index in [-0.39, 0.29) is 12.3 Å². The van der Waals surface area contributed by atoms with Gasteiger partial charge in [0.25, 0.3) is 0 Å². The molecular weight excluding hydrogens is 732 g/mol.